The predicted molar refractivity (Wildman–Crippen MR) is 194 cm³/mol. The van der Waals surface area contributed by atoms with Crippen LogP contribution in [0.4, 0.5) is 0 Å². The van der Waals surface area contributed by atoms with Crippen LogP contribution in [0.3, 0.4) is 0 Å². The van der Waals surface area contributed by atoms with Gasteiger partial charge in [-0.15, -0.1) is 0 Å². The van der Waals surface area contributed by atoms with Crippen LogP contribution in [0.2, 0.25) is 0 Å². The van der Waals surface area contributed by atoms with Crippen molar-refractivity contribution in [1.29, 1.82) is 5.41 Å². The molecule has 6 heteroatoms. The van der Waals surface area contributed by atoms with E-state index in [2.05, 4.69) is 41.4 Å². The highest BCUT2D eigenvalue weighted by molar-refractivity contribution is 6.18. The van der Waals surface area contributed by atoms with Crippen molar-refractivity contribution in [3.8, 4) is 33.8 Å². The van der Waals surface area contributed by atoms with Gasteiger partial charge in [-0.05, 0) is 63.7 Å². The minimum Gasteiger partial charge on any atom is -0.435 e. The van der Waals surface area contributed by atoms with Gasteiger partial charge in [0.15, 0.2) is 16.9 Å². The number of amidine groups is 1. The molecule has 2 N–H and O–H groups in total. The molecule has 0 unspecified atom stereocenters. The summed E-state index contributed by atoms with van der Waals surface area (Å²) in [4.78, 5) is 17.8. The summed E-state index contributed by atoms with van der Waals surface area (Å²) in [6, 6.07) is 50.7. The van der Waals surface area contributed by atoms with E-state index in [4.69, 9.17) is 24.8 Å². The minimum atomic E-state index is 0.151. The molecule has 0 bridgehead atoms. The maximum absolute atomic E-state index is 8.92. The second kappa shape index (κ2) is 11.3. The molecule has 0 aliphatic heterocycles. The Morgan fingerprint density at radius 1 is 0.583 bits per heavy atom. The van der Waals surface area contributed by atoms with E-state index >= 15 is 0 Å². The van der Waals surface area contributed by atoms with E-state index in [1.807, 2.05) is 115 Å². The first-order valence-electron chi connectivity index (χ1n) is 15.8. The zero-order chi connectivity index (χ0) is 32.0. The molecule has 0 saturated carbocycles. The van der Waals surface area contributed by atoms with E-state index < -0.39 is 0 Å². The third-order valence-electron chi connectivity index (χ3n) is 8.75. The molecule has 0 spiro atoms. The number of aromatic amines is 1. The SMILES string of the molecule is N=C(N=c1[nH]c2ccccc2nc1-c1ccccc1)c1ccc(-c2ccc3ccc4ccc5nc(-c6ccccc6)oc5c4c3c2)cc1. The molecule has 7 aromatic carbocycles. The molecule has 226 valence electrons. The van der Waals surface area contributed by atoms with Crippen LogP contribution in [-0.2, 0) is 0 Å². The summed E-state index contributed by atoms with van der Waals surface area (Å²) < 4.78 is 6.42. The Labute approximate surface area is 275 Å². The maximum Gasteiger partial charge on any atom is 0.227 e. The third kappa shape index (κ3) is 4.84. The largest absolute Gasteiger partial charge is 0.435 e. The Balaban J connectivity index is 1.10. The summed E-state index contributed by atoms with van der Waals surface area (Å²) >= 11 is 0. The van der Waals surface area contributed by atoms with Gasteiger partial charge in [-0.3, -0.25) is 5.41 Å². The molecule has 0 amide bonds. The van der Waals surface area contributed by atoms with Crippen molar-refractivity contribution >= 4 is 49.5 Å². The van der Waals surface area contributed by atoms with Crippen LogP contribution in [0.25, 0.3) is 77.5 Å². The lowest BCUT2D eigenvalue weighted by Gasteiger charge is -2.09. The number of oxazole rings is 1. The molecule has 0 fully saturated rings. The standard InChI is InChI=1S/C42H27N5O/c43-40(47-41-38(29-9-3-1-4-10-29)44-34-13-7-8-14-35(34)45-41)30-20-15-26(16-21-30)32-22-18-27-17-19-28-23-24-36-39(37(28)33(27)25-32)48-42(46-36)31-11-5-2-6-12-31/h1-25H,(H2,43,45,47). The molecule has 0 atom stereocenters. The Bertz CT molecular complexity index is 2730. The molecular formula is C42H27N5O. The first-order chi connectivity index (χ1) is 23.7. The molecule has 48 heavy (non-hydrogen) atoms. The van der Waals surface area contributed by atoms with Gasteiger partial charge in [0, 0.05) is 22.1 Å². The first-order valence-corrected chi connectivity index (χ1v) is 15.8. The summed E-state index contributed by atoms with van der Waals surface area (Å²) in [5.41, 5.74) is 9.29. The molecule has 6 nitrogen and oxygen atoms in total. The van der Waals surface area contributed by atoms with Crippen molar-refractivity contribution in [3.63, 3.8) is 0 Å². The topological polar surface area (TPSA) is 90.9 Å². The second-order valence-corrected chi connectivity index (χ2v) is 11.8. The molecule has 2 aromatic heterocycles. The Hall–Kier alpha value is -6.66. The highest BCUT2D eigenvalue weighted by Crippen LogP contribution is 2.36. The van der Waals surface area contributed by atoms with Gasteiger partial charge in [0.05, 0.1) is 11.0 Å². The number of H-pyrrole nitrogens is 1. The van der Waals surface area contributed by atoms with Gasteiger partial charge in [0.1, 0.15) is 11.2 Å². The highest BCUT2D eigenvalue weighted by Gasteiger charge is 2.14. The van der Waals surface area contributed by atoms with E-state index in [0.717, 1.165) is 65.9 Å². The van der Waals surface area contributed by atoms with Crippen LogP contribution in [-0.4, -0.2) is 20.8 Å². The number of nitrogens with zero attached hydrogens (tertiary/aromatic N) is 3. The molecular weight excluding hydrogens is 590 g/mol. The molecule has 0 aliphatic carbocycles. The van der Waals surface area contributed by atoms with Crippen molar-refractivity contribution in [2.75, 3.05) is 0 Å². The van der Waals surface area contributed by atoms with Gasteiger partial charge in [-0.2, -0.15) is 0 Å². The number of hydrogen-bond acceptors (Lipinski definition) is 4. The third-order valence-corrected chi connectivity index (χ3v) is 8.75. The summed E-state index contributed by atoms with van der Waals surface area (Å²) in [7, 11) is 0. The smallest absolute Gasteiger partial charge is 0.227 e. The van der Waals surface area contributed by atoms with Crippen LogP contribution in [0, 0.1) is 5.41 Å². The summed E-state index contributed by atoms with van der Waals surface area (Å²) in [6.45, 7) is 0. The number of fused-ring (bicyclic) bond motifs is 6. The summed E-state index contributed by atoms with van der Waals surface area (Å²) in [5.74, 6) is 0.765. The minimum absolute atomic E-state index is 0.151. The summed E-state index contributed by atoms with van der Waals surface area (Å²) in [5, 5.41) is 13.3. The summed E-state index contributed by atoms with van der Waals surface area (Å²) in [6.07, 6.45) is 0. The van der Waals surface area contributed by atoms with Gasteiger partial charge in [-0.25, -0.2) is 15.0 Å². The zero-order valence-corrected chi connectivity index (χ0v) is 25.7. The van der Waals surface area contributed by atoms with Gasteiger partial charge in [0.2, 0.25) is 5.89 Å². The van der Waals surface area contributed by atoms with Crippen LogP contribution < -0.4 is 5.49 Å². The normalized spacial score (nSPS) is 12.0. The van der Waals surface area contributed by atoms with Crippen LogP contribution in [0.15, 0.2) is 161 Å². The molecule has 0 saturated heterocycles. The van der Waals surface area contributed by atoms with Crippen LogP contribution in [0.1, 0.15) is 5.56 Å². The predicted octanol–water partition coefficient (Wildman–Crippen LogP) is 9.94. The fraction of sp³-hybridized carbons (Fsp3) is 0. The average molecular weight is 618 g/mol. The average Bonchev–Trinajstić information content (AvgIpc) is 3.60. The van der Waals surface area contributed by atoms with Crippen molar-refractivity contribution in [1.82, 2.24) is 15.0 Å². The number of aromatic nitrogens is 3. The monoisotopic (exact) mass is 617 g/mol. The second-order valence-electron chi connectivity index (χ2n) is 11.8. The molecule has 9 aromatic rings. The lowest BCUT2D eigenvalue weighted by atomic mass is 9.96. The van der Waals surface area contributed by atoms with Crippen LogP contribution in [0.5, 0.6) is 0 Å². The van der Waals surface area contributed by atoms with Gasteiger partial charge < -0.3 is 9.40 Å². The molecule has 9 rings (SSSR count). The van der Waals surface area contributed by atoms with E-state index in [1.165, 1.54) is 0 Å². The van der Waals surface area contributed by atoms with E-state index in [-0.39, 0.29) is 5.84 Å². The van der Waals surface area contributed by atoms with Crippen LogP contribution >= 0.6 is 0 Å². The highest BCUT2D eigenvalue weighted by atomic mass is 16.3. The Morgan fingerprint density at radius 3 is 2.06 bits per heavy atom. The first kappa shape index (κ1) is 27.6. The van der Waals surface area contributed by atoms with Gasteiger partial charge in [0.25, 0.3) is 0 Å². The van der Waals surface area contributed by atoms with E-state index in [1.54, 1.807) is 0 Å². The van der Waals surface area contributed by atoms with Crippen molar-refractivity contribution < 1.29 is 4.42 Å². The van der Waals surface area contributed by atoms with Gasteiger partial charge in [-0.1, -0.05) is 115 Å². The molecule has 0 aliphatic rings. The number of para-hydroxylation sites is 2. The number of nitrogens with one attached hydrogen (secondary N) is 2. The number of hydrogen-bond donors (Lipinski definition) is 2. The van der Waals surface area contributed by atoms with Crippen molar-refractivity contribution in [3.05, 3.63) is 163 Å². The zero-order valence-electron chi connectivity index (χ0n) is 25.7. The van der Waals surface area contributed by atoms with Crippen molar-refractivity contribution in [2.24, 2.45) is 4.99 Å². The van der Waals surface area contributed by atoms with Gasteiger partial charge >= 0.3 is 0 Å². The van der Waals surface area contributed by atoms with E-state index in [9.17, 15) is 0 Å². The quantitative estimate of drug-likeness (QED) is 0.117. The maximum atomic E-state index is 8.92. The van der Waals surface area contributed by atoms with Crippen molar-refractivity contribution in [2.45, 2.75) is 0 Å². The fourth-order valence-corrected chi connectivity index (χ4v) is 6.32. The van der Waals surface area contributed by atoms with E-state index in [0.29, 0.717) is 22.6 Å². The lowest BCUT2D eigenvalue weighted by Crippen LogP contribution is -2.16. The number of benzene rings is 7. The molecule has 2 heterocycles. The fourth-order valence-electron chi connectivity index (χ4n) is 6.32. The Morgan fingerprint density at radius 2 is 1.25 bits per heavy atom. The lowest BCUT2D eigenvalue weighted by molar-refractivity contribution is 0.623. The Kier molecular flexibility index (Phi) is 6.50. The number of rotatable bonds is 4. The molecule has 0 radical (unpaired) electrons.